The lowest BCUT2D eigenvalue weighted by atomic mass is 9.77. The fourth-order valence-corrected chi connectivity index (χ4v) is 7.11. The third-order valence-corrected chi connectivity index (χ3v) is 9.32. The summed E-state index contributed by atoms with van der Waals surface area (Å²) < 4.78 is 0. The maximum absolute atomic E-state index is 11.3. The number of para-hydroxylation sites is 2. The minimum atomic E-state index is -0.302. The van der Waals surface area contributed by atoms with Crippen LogP contribution in [0.5, 0.6) is 5.75 Å². The van der Waals surface area contributed by atoms with Crippen molar-refractivity contribution in [1.29, 1.82) is 0 Å². The maximum Gasteiger partial charge on any atom is 0.150 e. The van der Waals surface area contributed by atoms with Gasteiger partial charge in [0, 0.05) is 22.4 Å². The number of phenolic OH excluding ortho intramolecular Hbond substituents is 1. The third kappa shape index (κ3) is 4.61. The number of nitrogens with one attached hydrogen (secondary N) is 1. The van der Waals surface area contributed by atoms with Gasteiger partial charge in [0.25, 0.3) is 0 Å². The zero-order chi connectivity index (χ0) is 31.2. The van der Waals surface area contributed by atoms with Crippen LogP contribution in [-0.2, 0) is 0 Å². The molecule has 1 fully saturated rings. The molecule has 6 aromatic carbocycles. The van der Waals surface area contributed by atoms with Crippen LogP contribution in [0.15, 0.2) is 140 Å². The molecule has 1 heterocycles. The van der Waals surface area contributed by atoms with E-state index in [2.05, 4.69) is 58.7 Å². The lowest BCUT2D eigenvalue weighted by molar-refractivity contribution is 0.111. The van der Waals surface area contributed by atoms with E-state index >= 15 is 0 Å². The summed E-state index contributed by atoms with van der Waals surface area (Å²) in [6.07, 6.45) is 1.43. The van der Waals surface area contributed by atoms with E-state index in [1.807, 2.05) is 84.9 Å². The summed E-state index contributed by atoms with van der Waals surface area (Å²) in [5.41, 5.74) is 12.1. The second kappa shape index (κ2) is 11.3. The number of carbonyl (C=O) groups excluding carboxylic acids is 2. The molecule has 3 atom stereocenters. The standard InChI is InChI=1S/C41H30N2O3/c44-24-26-10-14-28(15-11-26)30-18-20-33-34-21-19-31(29-16-12-27(25-45)13-17-29)23-37(34)40-39(36(33)22-30)42-41(35-8-4-5-9-38(35)46)43(40)32-6-2-1-3-7-32/h1-25,39-42,46H. The number of aromatic hydroxyl groups is 1. The summed E-state index contributed by atoms with van der Waals surface area (Å²) in [5, 5.41) is 15.1. The van der Waals surface area contributed by atoms with E-state index < -0.39 is 0 Å². The number of fused-ring (bicyclic) bond motifs is 6. The molecule has 0 saturated carbocycles. The van der Waals surface area contributed by atoms with Crippen LogP contribution in [0, 0.1) is 0 Å². The van der Waals surface area contributed by atoms with E-state index in [0.29, 0.717) is 11.1 Å². The minimum absolute atomic E-state index is 0.101. The Bertz CT molecular complexity index is 2090. The molecule has 0 amide bonds. The Morgan fingerprint density at radius 1 is 0.543 bits per heavy atom. The summed E-state index contributed by atoms with van der Waals surface area (Å²) in [6, 6.07) is 46.3. The molecule has 5 heteroatoms. The van der Waals surface area contributed by atoms with Crippen LogP contribution in [0.3, 0.4) is 0 Å². The number of benzene rings is 6. The molecule has 3 unspecified atom stereocenters. The molecule has 6 aromatic rings. The molecule has 222 valence electrons. The Hall–Kier alpha value is -5.78. The number of rotatable bonds is 6. The molecular weight excluding hydrogens is 568 g/mol. The Balaban J connectivity index is 1.35. The van der Waals surface area contributed by atoms with Crippen molar-refractivity contribution in [3.63, 3.8) is 0 Å². The molecule has 46 heavy (non-hydrogen) atoms. The SMILES string of the molecule is O=Cc1ccc(-c2ccc3c(c2)C2NC(c4ccccc4O)N(c4ccccc4)C2c2cc(-c4ccc(C=O)cc4)ccc2-3)cc1. The molecule has 2 aliphatic rings. The fourth-order valence-electron chi connectivity index (χ4n) is 7.11. The lowest BCUT2D eigenvalue weighted by Crippen LogP contribution is -2.29. The Kier molecular flexibility index (Phi) is 6.81. The first kappa shape index (κ1) is 27.7. The molecular formula is C41H30N2O3. The van der Waals surface area contributed by atoms with Crippen LogP contribution in [0.25, 0.3) is 33.4 Å². The monoisotopic (exact) mass is 598 g/mol. The second-order valence-electron chi connectivity index (χ2n) is 11.9. The van der Waals surface area contributed by atoms with E-state index in [1.165, 1.54) is 11.1 Å². The Labute approximate surface area is 267 Å². The number of aldehydes is 2. The van der Waals surface area contributed by atoms with Crippen molar-refractivity contribution >= 4 is 18.3 Å². The zero-order valence-electron chi connectivity index (χ0n) is 24.9. The highest BCUT2D eigenvalue weighted by atomic mass is 16.3. The van der Waals surface area contributed by atoms with Crippen molar-refractivity contribution in [2.45, 2.75) is 18.2 Å². The number of hydrogen-bond acceptors (Lipinski definition) is 5. The first-order chi connectivity index (χ1) is 22.6. The predicted octanol–water partition coefficient (Wildman–Crippen LogP) is 8.92. The normalized spacial score (nSPS) is 17.9. The Morgan fingerprint density at radius 2 is 1.07 bits per heavy atom. The molecule has 1 saturated heterocycles. The number of carbonyl (C=O) groups is 2. The zero-order valence-corrected chi connectivity index (χ0v) is 24.9. The van der Waals surface area contributed by atoms with Gasteiger partial charge in [0.2, 0.25) is 0 Å². The lowest BCUT2D eigenvalue weighted by Gasteiger charge is -2.37. The summed E-state index contributed by atoms with van der Waals surface area (Å²) in [5.74, 6) is 0.244. The molecule has 0 aromatic heterocycles. The van der Waals surface area contributed by atoms with Gasteiger partial charge < -0.3 is 10.0 Å². The average molecular weight is 599 g/mol. The van der Waals surface area contributed by atoms with Crippen molar-refractivity contribution in [2.24, 2.45) is 0 Å². The predicted molar refractivity (Wildman–Crippen MR) is 182 cm³/mol. The van der Waals surface area contributed by atoms with Gasteiger partial charge in [0.15, 0.2) is 0 Å². The van der Waals surface area contributed by atoms with Crippen LogP contribution < -0.4 is 10.2 Å². The fraction of sp³-hybridized carbons (Fsp3) is 0.0732. The summed E-state index contributed by atoms with van der Waals surface area (Å²) in [6.45, 7) is 0. The molecule has 2 N–H and O–H groups in total. The minimum Gasteiger partial charge on any atom is -0.508 e. The van der Waals surface area contributed by atoms with Crippen LogP contribution >= 0.6 is 0 Å². The summed E-state index contributed by atoms with van der Waals surface area (Å²) >= 11 is 0. The van der Waals surface area contributed by atoms with Gasteiger partial charge in [0.05, 0.1) is 12.1 Å². The topological polar surface area (TPSA) is 69.6 Å². The van der Waals surface area contributed by atoms with Crippen molar-refractivity contribution in [3.8, 4) is 39.1 Å². The average Bonchev–Trinajstić information content (AvgIpc) is 3.53. The van der Waals surface area contributed by atoms with Crippen LogP contribution in [0.2, 0.25) is 0 Å². The van der Waals surface area contributed by atoms with E-state index in [9.17, 15) is 14.7 Å². The first-order valence-corrected chi connectivity index (χ1v) is 15.4. The van der Waals surface area contributed by atoms with Gasteiger partial charge >= 0.3 is 0 Å². The van der Waals surface area contributed by atoms with Crippen molar-refractivity contribution in [3.05, 3.63) is 167 Å². The van der Waals surface area contributed by atoms with Gasteiger partial charge in [-0.05, 0) is 74.8 Å². The molecule has 5 nitrogen and oxygen atoms in total. The number of hydrogen-bond donors (Lipinski definition) is 2. The molecule has 0 bridgehead atoms. The van der Waals surface area contributed by atoms with Gasteiger partial charge in [-0.2, -0.15) is 0 Å². The molecule has 0 spiro atoms. The molecule has 0 radical (unpaired) electrons. The highest BCUT2D eigenvalue weighted by Gasteiger charge is 2.47. The number of anilines is 1. The molecule has 1 aliphatic heterocycles. The van der Waals surface area contributed by atoms with Crippen molar-refractivity contribution in [2.75, 3.05) is 4.90 Å². The third-order valence-electron chi connectivity index (χ3n) is 9.32. The van der Waals surface area contributed by atoms with E-state index in [4.69, 9.17) is 0 Å². The van der Waals surface area contributed by atoms with Gasteiger partial charge in [-0.25, -0.2) is 0 Å². The van der Waals surface area contributed by atoms with Crippen LogP contribution in [0.4, 0.5) is 5.69 Å². The summed E-state index contributed by atoms with van der Waals surface area (Å²) in [7, 11) is 0. The van der Waals surface area contributed by atoms with Crippen molar-refractivity contribution in [1.82, 2.24) is 5.32 Å². The van der Waals surface area contributed by atoms with E-state index in [-0.39, 0.29) is 24.0 Å². The highest BCUT2D eigenvalue weighted by Crippen LogP contribution is 2.56. The smallest absolute Gasteiger partial charge is 0.150 e. The van der Waals surface area contributed by atoms with Crippen LogP contribution in [-0.4, -0.2) is 17.7 Å². The van der Waals surface area contributed by atoms with Gasteiger partial charge in [0.1, 0.15) is 24.5 Å². The largest absolute Gasteiger partial charge is 0.508 e. The van der Waals surface area contributed by atoms with Gasteiger partial charge in [-0.1, -0.05) is 109 Å². The maximum atomic E-state index is 11.3. The van der Waals surface area contributed by atoms with Gasteiger partial charge in [-0.15, -0.1) is 0 Å². The summed E-state index contributed by atoms with van der Waals surface area (Å²) in [4.78, 5) is 25.0. The Morgan fingerprint density at radius 3 is 1.65 bits per heavy atom. The van der Waals surface area contributed by atoms with Crippen LogP contribution in [0.1, 0.15) is 55.7 Å². The quantitative estimate of drug-likeness (QED) is 0.187. The van der Waals surface area contributed by atoms with Gasteiger partial charge in [-0.3, -0.25) is 14.9 Å². The second-order valence-corrected chi connectivity index (χ2v) is 11.9. The number of nitrogens with zero attached hydrogens (tertiary/aromatic N) is 1. The molecule has 1 aliphatic carbocycles. The molecule has 8 rings (SSSR count). The van der Waals surface area contributed by atoms with E-state index in [0.717, 1.165) is 57.2 Å². The number of phenols is 1. The van der Waals surface area contributed by atoms with Crippen molar-refractivity contribution < 1.29 is 14.7 Å². The van der Waals surface area contributed by atoms with E-state index in [1.54, 1.807) is 6.07 Å². The highest BCUT2D eigenvalue weighted by molar-refractivity contribution is 5.84. The first-order valence-electron chi connectivity index (χ1n) is 15.4.